The Labute approximate surface area is 149 Å². The fourth-order valence-corrected chi connectivity index (χ4v) is 4.29. The maximum atomic E-state index is 12.6. The molecule has 1 heterocycles. The summed E-state index contributed by atoms with van der Waals surface area (Å²) in [5.74, 6) is 1.59. The smallest absolute Gasteiger partial charge is 0.255 e. The van der Waals surface area contributed by atoms with Crippen LogP contribution >= 0.6 is 23.5 Å². The second-order valence-corrected chi connectivity index (χ2v) is 7.39. The van der Waals surface area contributed by atoms with E-state index in [2.05, 4.69) is 16.4 Å². The summed E-state index contributed by atoms with van der Waals surface area (Å²) in [6.07, 6.45) is 0. The van der Waals surface area contributed by atoms with Crippen molar-refractivity contribution in [1.29, 1.82) is 5.26 Å². The van der Waals surface area contributed by atoms with Crippen molar-refractivity contribution in [2.45, 2.75) is 5.75 Å². The molecule has 0 aliphatic carbocycles. The van der Waals surface area contributed by atoms with Crippen LogP contribution in [0.4, 0.5) is 5.69 Å². The molecule has 0 spiro atoms. The van der Waals surface area contributed by atoms with Gasteiger partial charge in [-0.05, 0) is 29.8 Å². The van der Waals surface area contributed by atoms with E-state index in [1.165, 1.54) is 0 Å². The normalized spacial score (nSPS) is 13.2. The number of rotatable bonds is 4. The van der Waals surface area contributed by atoms with Gasteiger partial charge in [-0.25, -0.2) is 0 Å². The number of benzene rings is 2. The minimum absolute atomic E-state index is 0.165. The lowest BCUT2D eigenvalue weighted by Gasteiger charge is -2.10. The molecule has 1 aliphatic rings. The monoisotopic (exact) mass is 353 g/mol. The second-order valence-electron chi connectivity index (χ2n) is 5.09. The third-order valence-corrected chi connectivity index (χ3v) is 5.72. The Bertz CT molecular complexity index is 827. The average molecular weight is 353 g/mol. The van der Waals surface area contributed by atoms with Gasteiger partial charge in [-0.1, -0.05) is 47.8 Å². The van der Waals surface area contributed by atoms with Crippen LogP contribution in [0.5, 0.6) is 0 Å². The fraction of sp³-hybridized carbons (Fsp3) is 0.167. The standard InChI is InChI=1S/C18H15N3OS2/c19-11-13-4-3-6-15(10-13)21-17(22)16-7-2-1-5-14(16)12-24-18-20-8-9-23-18/h1-7,10H,8-9,12H2,(H,21,22). The Hall–Kier alpha value is -2.23. The number of carbonyl (C=O) groups is 1. The summed E-state index contributed by atoms with van der Waals surface area (Å²) in [4.78, 5) is 17.0. The molecule has 0 aromatic heterocycles. The van der Waals surface area contributed by atoms with Crippen molar-refractivity contribution in [1.82, 2.24) is 0 Å². The number of hydrogen-bond donors (Lipinski definition) is 1. The minimum atomic E-state index is -0.165. The molecule has 24 heavy (non-hydrogen) atoms. The molecule has 1 N–H and O–H groups in total. The number of nitriles is 1. The molecule has 0 fully saturated rings. The molecule has 0 atom stereocenters. The maximum Gasteiger partial charge on any atom is 0.255 e. The highest BCUT2D eigenvalue weighted by Gasteiger charge is 2.14. The van der Waals surface area contributed by atoms with Gasteiger partial charge in [0.25, 0.3) is 5.91 Å². The quantitative estimate of drug-likeness (QED) is 0.897. The van der Waals surface area contributed by atoms with Gasteiger partial charge in [0, 0.05) is 22.8 Å². The molecule has 1 amide bonds. The van der Waals surface area contributed by atoms with E-state index < -0.39 is 0 Å². The summed E-state index contributed by atoms with van der Waals surface area (Å²) in [7, 11) is 0. The first-order chi connectivity index (χ1) is 11.8. The summed E-state index contributed by atoms with van der Waals surface area (Å²) < 4.78 is 1.09. The summed E-state index contributed by atoms with van der Waals surface area (Å²) >= 11 is 3.44. The van der Waals surface area contributed by atoms with Gasteiger partial charge in [0.2, 0.25) is 0 Å². The molecule has 0 saturated carbocycles. The highest BCUT2D eigenvalue weighted by Crippen LogP contribution is 2.26. The van der Waals surface area contributed by atoms with Crippen molar-refractivity contribution < 1.29 is 4.79 Å². The Morgan fingerprint density at radius 1 is 1.29 bits per heavy atom. The number of amides is 1. The molecular formula is C18H15N3OS2. The van der Waals surface area contributed by atoms with E-state index in [0.717, 1.165) is 22.2 Å². The number of nitrogens with zero attached hydrogens (tertiary/aromatic N) is 2. The molecule has 2 aromatic carbocycles. The van der Waals surface area contributed by atoms with Gasteiger partial charge in [-0.15, -0.1) is 0 Å². The summed E-state index contributed by atoms with van der Waals surface area (Å²) in [6, 6.07) is 16.6. The molecule has 0 bridgehead atoms. The molecule has 0 unspecified atom stereocenters. The Balaban J connectivity index is 1.73. The van der Waals surface area contributed by atoms with Gasteiger partial charge >= 0.3 is 0 Å². The summed E-state index contributed by atoms with van der Waals surface area (Å²) in [5.41, 5.74) is 2.77. The first kappa shape index (κ1) is 16.6. The van der Waals surface area contributed by atoms with E-state index in [1.54, 1.807) is 47.8 Å². The zero-order valence-electron chi connectivity index (χ0n) is 12.9. The van der Waals surface area contributed by atoms with Crippen LogP contribution in [0.15, 0.2) is 53.5 Å². The van der Waals surface area contributed by atoms with Gasteiger partial charge in [0.1, 0.15) is 4.38 Å². The number of nitrogens with one attached hydrogen (secondary N) is 1. The highest BCUT2D eigenvalue weighted by atomic mass is 32.2. The van der Waals surface area contributed by atoms with Crippen LogP contribution in [0.1, 0.15) is 21.5 Å². The van der Waals surface area contributed by atoms with Crippen molar-refractivity contribution >= 4 is 39.5 Å². The largest absolute Gasteiger partial charge is 0.322 e. The fourth-order valence-electron chi connectivity index (χ4n) is 2.27. The van der Waals surface area contributed by atoms with Gasteiger partial charge in [-0.2, -0.15) is 5.26 Å². The number of hydrogen-bond acceptors (Lipinski definition) is 5. The van der Waals surface area contributed by atoms with Gasteiger partial charge < -0.3 is 5.32 Å². The molecule has 2 aromatic rings. The zero-order chi connectivity index (χ0) is 16.8. The van der Waals surface area contributed by atoms with E-state index in [9.17, 15) is 4.79 Å². The van der Waals surface area contributed by atoms with Crippen LogP contribution in [0.3, 0.4) is 0 Å². The number of anilines is 1. The van der Waals surface area contributed by atoms with Crippen LogP contribution in [0, 0.1) is 11.3 Å². The maximum absolute atomic E-state index is 12.6. The molecule has 120 valence electrons. The molecule has 3 rings (SSSR count). The van der Waals surface area contributed by atoms with Crippen molar-refractivity contribution in [2.24, 2.45) is 4.99 Å². The van der Waals surface area contributed by atoms with E-state index in [4.69, 9.17) is 5.26 Å². The average Bonchev–Trinajstić information content (AvgIpc) is 3.14. The van der Waals surface area contributed by atoms with Crippen molar-refractivity contribution in [3.05, 3.63) is 65.2 Å². The third-order valence-electron chi connectivity index (χ3n) is 3.42. The van der Waals surface area contributed by atoms with Crippen LogP contribution < -0.4 is 5.32 Å². The Morgan fingerprint density at radius 2 is 2.17 bits per heavy atom. The summed E-state index contributed by atoms with van der Waals surface area (Å²) in [5, 5.41) is 11.8. The third kappa shape index (κ3) is 4.19. The lowest BCUT2D eigenvalue weighted by Crippen LogP contribution is -2.14. The topological polar surface area (TPSA) is 65.2 Å². The molecule has 0 saturated heterocycles. The SMILES string of the molecule is N#Cc1cccc(NC(=O)c2ccccc2CSC2=NCCS2)c1. The first-order valence-corrected chi connectivity index (χ1v) is 9.43. The van der Waals surface area contributed by atoms with Gasteiger partial charge in [0.05, 0.1) is 18.2 Å². The molecule has 0 radical (unpaired) electrons. The van der Waals surface area contributed by atoms with Crippen molar-refractivity contribution in [2.75, 3.05) is 17.6 Å². The van der Waals surface area contributed by atoms with E-state index in [1.807, 2.05) is 24.3 Å². The molecule has 6 heteroatoms. The second kappa shape index (κ2) is 8.04. The van der Waals surface area contributed by atoms with Crippen molar-refractivity contribution in [3.8, 4) is 6.07 Å². The number of thioether (sulfide) groups is 2. The van der Waals surface area contributed by atoms with E-state index in [0.29, 0.717) is 22.6 Å². The van der Waals surface area contributed by atoms with Gasteiger partial charge in [-0.3, -0.25) is 9.79 Å². The number of aliphatic imine (C=N–C) groups is 1. The zero-order valence-corrected chi connectivity index (χ0v) is 14.5. The molecular weight excluding hydrogens is 338 g/mol. The number of carbonyl (C=O) groups excluding carboxylic acids is 1. The van der Waals surface area contributed by atoms with Gasteiger partial charge in [0.15, 0.2) is 0 Å². The van der Waals surface area contributed by atoms with Crippen LogP contribution in [-0.4, -0.2) is 22.6 Å². The Morgan fingerprint density at radius 3 is 2.96 bits per heavy atom. The highest BCUT2D eigenvalue weighted by molar-refractivity contribution is 8.38. The minimum Gasteiger partial charge on any atom is -0.322 e. The first-order valence-electron chi connectivity index (χ1n) is 7.46. The predicted molar refractivity (Wildman–Crippen MR) is 102 cm³/mol. The van der Waals surface area contributed by atoms with Crippen molar-refractivity contribution in [3.63, 3.8) is 0 Å². The Kier molecular flexibility index (Phi) is 5.57. The van der Waals surface area contributed by atoms with E-state index >= 15 is 0 Å². The van der Waals surface area contributed by atoms with Crippen LogP contribution in [-0.2, 0) is 5.75 Å². The predicted octanol–water partition coefficient (Wildman–Crippen LogP) is 4.15. The van der Waals surface area contributed by atoms with E-state index in [-0.39, 0.29) is 5.91 Å². The lowest BCUT2D eigenvalue weighted by molar-refractivity contribution is 0.102. The van der Waals surface area contributed by atoms with Crippen LogP contribution in [0.25, 0.3) is 0 Å². The van der Waals surface area contributed by atoms with Crippen LogP contribution in [0.2, 0.25) is 0 Å². The summed E-state index contributed by atoms with van der Waals surface area (Å²) in [6.45, 7) is 0.879. The lowest BCUT2D eigenvalue weighted by atomic mass is 10.1. The molecule has 1 aliphatic heterocycles. The molecule has 4 nitrogen and oxygen atoms in total.